The Hall–Kier alpha value is -0.120. The predicted molar refractivity (Wildman–Crippen MR) is 68.9 cm³/mol. The quantitative estimate of drug-likeness (QED) is 0.673. The molecule has 1 saturated heterocycles. The Morgan fingerprint density at radius 3 is 2.94 bits per heavy atom. The first-order chi connectivity index (χ1) is 7.86. The second-order valence-electron chi connectivity index (χ2n) is 4.68. The first-order valence-corrected chi connectivity index (χ1v) is 6.90. The van der Waals surface area contributed by atoms with Gasteiger partial charge >= 0.3 is 0 Å². The van der Waals surface area contributed by atoms with Gasteiger partial charge in [0.25, 0.3) is 0 Å². The fourth-order valence-corrected chi connectivity index (χ4v) is 2.09. The summed E-state index contributed by atoms with van der Waals surface area (Å²) >= 11 is 0. The summed E-state index contributed by atoms with van der Waals surface area (Å²) in [5.74, 6) is 0. The first-order valence-electron chi connectivity index (χ1n) is 6.90. The Balaban J connectivity index is 2.09. The van der Waals surface area contributed by atoms with Crippen LogP contribution in [-0.2, 0) is 4.74 Å². The van der Waals surface area contributed by atoms with Crippen molar-refractivity contribution in [3.63, 3.8) is 0 Å². The maximum Gasteiger partial charge on any atom is 0.0593 e. The molecule has 16 heavy (non-hydrogen) atoms. The van der Waals surface area contributed by atoms with Gasteiger partial charge in [0, 0.05) is 25.7 Å². The van der Waals surface area contributed by atoms with Crippen LogP contribution in [-0.4, -0.2) is 50.3 Å². The summed E-state index contributed by atoms with van der Waals surface area (Å²) < 4.78 is 5.62. The van der Waals surface area contributed by atoms with Gasteiger partial charge in [0.15, 0.2) is 0 Å². The highest BCUT2D eigenvalue weighted by atomic mass is 16.5. The number of nitrogens with one attached hydrogen (secondary N) is 1. The molecule has 1 aliphatic rings. The van der Waals surface area contributed by atoms with Gasteiger partial charge in [-0.1, -0.05) is 20.3 Å². The van der Waals surface area contributed by atoms with Gasteiger partial charge in [-0.15, -0.1) is 0 Å². The first kappa shape index (κ1) is 13.9. The van der Waals surface area contributed by atoms with Crippen LogP contribution in [0.3, 0.4) is 0 Å². The number of nitrogens with zero attached hydrogens (tertiary/aromatic N) is 1. The van der Waals surface area contributed by atoms with Gasteiger partial charge in [0.05, 0.1) is 6.61 Å². The van der Waals surface area contributed by atoms with Crippen molar-refractivity contribution in [1.82, 2.24) is 10.2 Å². The number of rotatable bonds is 7. The largest absolute Gasteiger partial charge is 0.380 e. The Kier molecular flexibility index (Phi) is 7.81. The molecular formula is C13H28N2O. The molecular weight excluding hydrogens is 200 g/mol. The average Bonchev–Trinajstić information content (AvgIpc) is 2.54. The molecule has 96 valence electrons. The molecule has 1 N–H and O–H groups in total. The van der Waals surface area contributed by atoms with Gasteiger partial charge in [-0.3, -0.25) is 4.90 Å². The molecule has 0 aliphatic carbocycles. The van der Waals surface area contributed by atoms with Gasteiger partial charge in [-0.25, -0.2) is 0 Å². The van der Waals surface area contributed by atoms with Gasteiger partial charge in [-0.05, 0) is 32.4 Å². The van der Waals surface area contributed by atoms with E-state index in [4.69, 9.17) is 4.74 Å². The van der Waals surface area contributed by atoms with E-state index in [9.17, 15) is 0 Å². The van der Waals surface area contributed by atoms with Crippen molar-refractivity contribution >= 4 is 0 Å². The van der Waals surface area contributed by atoms with Crippen LogP contribution in [0, 0.1) is 0 Å². The van der Waals surface area contributed by atoms with E-state index >= 15 is 0 Å². The Bertz CT molecular complexity index is 164. The molecule has 0 aromatic heterocycles. The van der Waals surface area contributed by atoms with Crippen LogP contribution >= 0.6 is 0 Å². The molecule has 0 spiro atoms. The van der Waals surface area contributed by atoms with E-state index in [1.54, 1.807) is 0 Å². The van der Waals surface area contributed by atoms with Crippen molar-refractivity contribution in [2.45, 2.75) is 45.6 Å². The minimum absolute atomic E-state index is 0.679. The minimum atomic E-state index is 0.679. The fraction of sp³-hybridized carbons (Fsp3) is 1.00. The molecule has 3 heteroatoms. The lowest BCUT2D eigenvalue weighted by molar-refractivity contribution is 0.101. The second kappa shape index (κ2) is 8.97. The third-order valence-corrected chi connectivity index (χ3v) is 3.25. The molecule has 1 atom stereocenters. The van der Waals surface area contributed by atoms with E-state index in [2.05, 4.69) is 24.1 Å². The second-order valence-corrected chi connectivity index (χ2v) is 4.68. The number of ether oxygens (including phenoxy) is 1. The van der Waals surface area contributed by atoms with Crippen molar-refractivity contribution in [2.24, 2.45) is 0 Å². The minimum Gasteiger partial charge on any atom is -0.380 e. The third kappa shape index (κ3) is 5.83. The summed E-state index contributed by atoms with van der Waals surface area (Å²) in [6, 6.07) is 0.679. The average molecular weight is 228 g/mol. The maximum atomic E-state index is 5.62. The van der Waals surface area contributed by atoms with Crippen LogP contribution in [0.2, 0.25) is 0 Å². The van der Waals surface area contributed by atoms with E-state index in [-0.39, 0.29) is 0 Å². The highest BCUT2D eigenvalue weighted by Gasteiger charge is 2.15. The number of hydrogen-bond acceptors (Lipinski definition) is 3. The van der Waals surface area contributed by atoms with E-state index in [0.29, 0.717) is 6.04 Å². The molecule has 0 aromatic rings. The Morgan fingerprint density at radius 1 is 1.31 bits per heavy atom. The smallest absolute Gasteiger partial charge is 0.0593 e. The normalized spacial score (nSPS) is 23.2. The molecule has 0 radical (unpaired) electrons. The number of hydrogen-bond donors (Lipinski definition) is 1. The summed E-state index contributed by atoms with van der Waals surface area (Å²) in [4.78, 5) is 2.54. The molecule has 0 aromatic carbocycles. The Labute approximate surface area is 101 Å². The zero-order chi connectivity index (χ0) is 11.6. The molecule has 1 fully saturated rings. The van der Waals surface area contributed by atoms with Crippen LogP contribution < -0.4 is 5.32 Å². The zero-order valence-electron chi connectivity index (χ0n) is 11.0. The molecule has 0 saturated carbocycles. The molecule has 1 unspecified atom stereocenters. The lowest BCUT2D eigenvalue weighted by Gasteiger charge is -2.23. The van der Waals surface area contributed by atoms with E-state index < -0.39 is 0 Å². The van der Waals surface area contributed by atoms with E-state index in [0.717, 1.165) is 19.8 Å². The molecule has 3 nitrogen and oxygen atoms in total. The lowest BCUT2D eigenvalue weighted by Crippen LogP contribution is -2.38. The summed E-state index contributed by atoms with van der Waals surface area (Å²) in [7, 11) is 0. The van der Waals surface area contributed by atoms with Crippen molar-refractivity contribution < 1.29 is 4.74 Å². The van der Waals surface area contributed by atoms with Crippen LogP contribution in [0.1, 0.15) is 39.5 Å². The van der Waals surface area contributed by atoms with Gasteiger partial charge in [0.2, 0.25) is 0 Å². The standard InChI is InChI=1S/C13H28N2O/c1-3-5-10-16-11-9-15-8-6-7-14-13(4-2)12-15/h13-14H,3-12H2,1-2H3. The highest BCUT2D eigenvalue weighted by molar-refractivity contribution is 4.75. The van der Waals surface area contributed by atoms with Crippen molar-refractivity contribution in [3.8, 4) is 0 Å². The van der Waals surface area contributed by atoms with Gasteiger partial charge in [0.1, 0.15) is 0 Å². The fourth-order valence-electron chi connectivity index (χ4n) is 2.09. The monoisotopic (exact) mass is 228 g/mol. The maximum absolute atomic E-state index is 5.62. The van der Waals surface area contributed by atoms with Crippen LogP contribution in [0.4, 0.5) is 0 Å². The van der Waals surface area contributed by atoms with Crippen LogP contribution in [0.5, 0.6) is 0 Å². The van der Waals surface area contributed by atoms with Crippen molar-refractivity contribution in [2.75, 3.05) is 39.4 Å². The summed E-state index contributed by atoms with van der Waals surface area (Å²) in [6.45, 7) is 11.0. The van der Waals surface area contributed by atoms with Gasteiger partial charge in [-0.2, -0.15) is 0 Å². The molecule has 1 heterocycles. The highest BCUT2D eigenvalue weighted by Crippen LogP contribution is 2.03. The summed E-state index contributed by atoms with van der Waals surface area (Å²) in [6.07, 6.45) is 4.92. The van der Waals surface area contributed by atoms with Crippen molar-refractivity contribution in [3.05, 3.63) is 0 Å². The zero-order valence-corrected chi connectivity index (χ0v) is 11.0. The summed E-state index contributed by atoms with van der Waals surface area (Å²) in [5, 5.41) is 3.59. The van der Waals surface area contributed by atoms with Gasteiger partial charge < -0.3 is 10.1 Å². The number of unbranched alkanes of at least 4 members (excludes halogenated alkanes) is 1. The summed E-state index contributed by atoms with van der Waals surface area (Å²) in [5.41, 5.74) is 0. The SMILES string of the molecule is CCCCOCCN1CCCNC(CC)C1. The molecule has 1 aliphatic heterocycles. The lowest BCUT2D eigenvalue weighted by atomic mass is 10.2. The van der Waals surface area contributed by atoms with E-state index in [1.165, 1.54) is 45.3 Å². The molecule has 0 bridgehead atoms. The Morgan fingerprint density at radius 2 is 2.19 bits per heavy atom. The van der Waals surface area contributed by atoms with Crippen LogP contribution in [0.15, 0.2) is 0 Å². The molecule has 1 rings (SSSR count). The third-order valence-electron chi connectivity index (χ3n) is 3.25. The van der Waals surface area contributed by atoms with E-state index in [1.807, 2.05) is 0 Å². The molecule has 0 amide bonds. The predicted octanol–water partition coefficient (Wildman–Crippen LogP) is 1.88. The van der Waals surface area contributed by atoms with Crippen molar-refractivity contribution in [1.29, 1.82) is 0 Å². The topological polar surface area (TPSA) is 24.5 Å². The van der Waals surface area contributed by atoms with Crippen LogP contribution in [0.25, 0.3) is 0 Å².